The van der Waals surface area contributed by atoms with E-state index in [1.54, 1.807) is 4.90 Å². The van der Waals surface area contributed by atoms with Gasteiger partial charge in [0.25, 0.3) is 0 Å². The number of aryl methyl sites for hydroxylation is 1. The molecular formula is C12H14ClNO2. The zero-order chi connectivity index (χ0) is 11.5. The van der Waals surface area contributed by atoms with Crippen LogP contribution in [-0.4, -0.2) is 30.0 Å². The van der Waals surface area contributed by atoms with E-state index in [0.717, 1.165) is 11.1 Å². The van der Waals surface area contributed by atoms with Gasteiger partial charge in [0.05, 0.1) is 6.54 Å². The number of benzene rings is 1. The maximum absolute atomic E-state index is 11.5. The van der Waals surface area contributed by atoms with Gasteiger partial charge in [-0.3, -0.25) is 0 Å². The number of halogens is 1. The molecule has 1 aromatic rings. The van der Waals surface area contributed by atoms with Crippen LogP contribution < -0.4 is 0 Å². The third-order valence-corrected chi connectivity index (χ3v) is 2.95. The molecule has 1 atom stereocenters. The Balaban J connectivity index is 2.14. The van der Waals surface area contributed by atoms with Crippen LogP contribution in [0.1, 0.15) is 17.2 Å². The summed E-state index contributed by atoms with van der Waals surface area (Å²) in [5, 5.41) is 0. The zero-order valence-electron chi connectivity index (χ0n) is 9.15. The number of nitrogens with zero attached hydrogens (tertiary/aromatic N) is 1. The molecule has 1 amide bonds. The molecule has 86 valence electrons. The first-order chi connectivity index (χ1) is 7.72. The van der Waals surface area contributed by atoms with Gasteiger partial charge in [0.2, 0.25) is 0 Å². The Labute approximate surface area is 100.0 Å². The molecule has 0 saturated carbocycles. The molecule has 0 N–H and O–H groups in total. The number of carbonyl (C=O) groups is 1. The lowest BCUT2D eigenvalue weighted by Crippen LogP contribution is -2.26. The van der Waals surface area contributed by atoms with Crippen LogP contribution in [0.5, 0.6) is 0 Å². The third kappa shape index (κ3) is 2.14. The second-order valence-electron chi connectivity index (χ2n) is 3.86. The summed E-state index contributed by atoms with van der Waals surface area (Å²) in [5.41, 5.74) is 2.22. The lowest BCUT2D eigenvalue weighted by Gasteiger charge is -2.12. The summed E-state index contributed by atoms with van der Waals surface area (Å²) in [5.74, 6) is 0.440. The molecule has 1 heterocycles. The molecule has 0 radical (unpaired) electrons. The fraction of sp³-hybridized carbons (Fsp3) is 0.417. The number of alkyl halides is 1. The maximum atomic E-state index is 11.5. The molecule has 0 spiro atoms. The summed E-state index contributed by atoms with van der Waals surface area (Å²) in [4.78, 5) is 13.1. The predicted octanol–water partition coefficient (Wildman–Crippen LogP) is 2.73. The molecule has 2 rings (SSSR count). The van der Waals surface area contributed by atoms with Crippen molar-refractivity contribution in [3.8, 4) is 0 Å². The van der Waals surface area contributed by atoms with Gasteiger partial charge in [0.1, 0.15) is 6.10 Å². The summed E-state index contributed by atoms with van der Waals surface area (Å²) >= 11 is 5.62. The number of carbonyl (C=O) groups excluding carboxylic acids is 1. The van der Waals surface area contributed by atoms with Crippen molar-refractivity contribution >= 4 is 17.7 Å². The van der Waals surface area contributed by atoms with E-state index in [1.807, 2.05) is 31.2 Å². The Kier molecular flexibility index (Phi) is 3.34. The number of ether oxygens (including phenoxy) is 1. The minimum Gasteiger partial charge on any atom is -0.439 e. The highest BCUT2D eigenvalue weighted by Crippen LogP contribution is 2.27. The van der Waals surface area contributed by atoms with Crippen LogP contribution in [0.15, 0.2) is 24.3 Å². The van der Waals surface area contributed by atoms with Crippen molar-refractivity contribution in [2.45, 2.75) is 13.0 Å². The van der Waals surface area contributed by atoms with Gasteiger partial charge in [-0.1, -0.05) is 24.3 Å². The summed E-state index contributed by atoms with van der Waals surface area (Å²) < 4.78 is 5.32. The average molecular weight is 240 g/mol. The van der Waals surface area contributed by atoms with Gasteiger partial charge in [0.15, 0.2) is 0 Å². The third-order valence-electron chi connectivity index (χ3n) is 2.78. The molecule has 0 aliphatic carbocycles. The minimum absolute atomic E-state index is 0.156. The zero-order valence-corrected chi connectivity index (χ0v) is 9.91. The largest absolute Gasteiger partial charge is 0.439 e. The second-order valence-corrected chi connectivity index (χ2v) is 4.24. The van der Waals surface area contributed by atoms with Crippen molar-refractivity contribution in [2.75, 3.05) is 19.0 Å². The topological polar surface area (TPSA) is 29.5 Å². The van der Waals surface area contributed by atoms with Crippen molar-refractivity contribution in [2.24, 2.45) is 0 Å². The van der Waals surface area contributed by atoms with E-state index < -0.39 is 0 Å². The standard InChI is InChI=1S/C12H14ClNO2/c1-9-4-2-3-5-10(9)11-8-14(7-6-13)12(15)16-11/h2-5,11H,6-8H2,1H3. The molecule has 0 aromatic heterocycles. The van der Waals surface area contributed by atoms with Crippen molar-refractivity contribution < 1.29 is 9.53 Å². The first-order valence-electron chi connectivity index (χ1n) is 5.29. The lowest BCUT2D eigenvalue weighted by atomic mass is 10.0. The summed E-state index contributed by atoms with van der Waals surface area (Å²) in [6, 6.07) is 7.96. The van der Waals surface area contributed by atoms with Crippen LogP contribution in [0.4, 0.5) is 4.79 Å². The van der Waals surface area contributed by atoms with Crippen LogP contribution in [-0.2, 0) is 4.74 Å². The van der Waals surface area contributed by atoms with Crippen molar-refractivity contribution in [3.63, 3.8) is 0 Å². The normalized spacial score (nSPS) is 20.0. The molecule has 1 aromatic carbocycles. The first kappa shape index (κ1) is 11.3. The summed E-state index contributed by atoms with van der Waals surface area (Å²) in [6.07, 6.45) is -0.425. The quantitative estimate of drug-likeness (QED) is 0.759. The molecule has 3 nitrogen and oxygen atoms in total. The molecular weight excluding hydrogens is 226 g/mol. The van der Waals surface area contributed by atoms with E-state index in [4.69, 9.17) is 16.3 Å². The van der Waals surface area contributed by atoms with E-state index >= 15 is 0 Å². The number of cyclic esters (lactones) is 1. The lowest BCUT2D eigenvalue weighted by molar-refractivity contribution is 0.133. The Morgan fingerprint density at radius 3 is 2.94 bits per heavy atom. The highest BCUT2D eigenvalue weighted by molar-refractivity contribution is 6.18. The Hall–Kier alpha value is -1.22. The molecule has 0 bridgehead atoms. The number of amides is 1. The molecule has 16 heavy (non-hydrogen) atoms. The van der Waals surface area contributed by atoms with Crippen LogP contribution in [0.2, 0.25) is 0 Å². The monoisotopic (exact) mass is 239 g/mol. The second kappa shape index (κ2) is 4.74. The van der Waals surface area contributed by atoms with Crippen molar-refractivity contribution in [1.82, 2.24) is 4.90 Å². The minimum atomic E-state index is -0.270. The number of hydrogen-bond acceptors (Lipinski definition) is 2. The Bertz CT molecular complexity index is 394. The molecule has 1 saturated heterocycles. The number of rotatable bonds is 3. The molecule has 1 fully saturated rings. The maximum Gasteiger partial charge on any atom is 0.410 e. The molecule has 1 aliphatic heterocycles. The van der Waals surface area contributed by atoms with Crippen LogP contribution in [0.25, 0.3) is 0 Å². The highest BCUT2D eigenvalue weighted by Gasteiger charge is 2.32. The summed E-state index contributed by atoms with van der Waals surface area (Å²) in [7, 11) is 0. The fourth-order valence-corrected chi connectivity index (χ4v) is 2.11. The van der Waals surface area contributed by atoms with E-state index in [2.05, 4.69) is 0 Å². The average Bonchev–Trinajstić information content (AvgIpc) is 2.61. The molecule has 1 unspecified atom stereocenters. The number of hydrogen-bond donors (Lipinski definition) is 0. The van der Waals surface area contributed by atoms with Gasteiger partial charge in [-0.25, -0.2) is 4.79 Å². The Morgan fingerprint density at radius 1 is 1.50 bits per heavy atom. The Morgan fingerprint density at radius 2 is 2.25 bits per heavy atom. The fourth-order valence-electron chi connectivity index (χ4n) is 1.90. The van der Waals surface area contributed by atoms with Gasteiger partial charge in [-0.05, 0) is 18.1 Å². The molecule has 1 aliphatic rings. The van der Waals surface area contributed by atoms with E-state index in [0.29, 0.717) is 19.0 Å². The smallest absolute Gasteiger partial charge is 0.410 e. The van der Waals surface area contributed by atoms with E-state index in [9.17, 15) is 4.79 Å². The van der Waals surface area contributed by atoms with Gasteiger partial charge in [-0.15, -0.1) is 11.6 Å². The van der Waals surface area contributed by atoms with Crippen molar-refractivity contribution in [3.05, 3.63) is 35.4 Å². The highest BCUT2D eigenvalue weighted by atomic mass is 35.5. The van der Waals surface area contributed by atoms with E-state index in [-0.39, 0.29) is 12.2 Å². The van der Waals surface area contributed by atoms with Crippen LogP contribution >= 0.6 is 11.6 Å². The predicted molar refractivity (Wildman–Crippen MR) is 62.7 cm³/mol. The van der Waals surface area contributed by atoms with Crippen molar-refractivity contribution in [1.29, 1.82) is 0 Å². The van der Waals surface area contributed by atoms with Gasteiger partial charge in [-0.2, -0.15) is 0 Å². The van der Waals surface area contributed by atoms with Gasteiger partial charge in [0, 0.05) is 12.4 Å². The van der Waals surface area contributed by atoms with E-state index in [1.165, 1.54) is 0 Å². The van der Waals surface area contributed by atoms with Gasteiger partial charge < -0.3 is 9.64 Å². The first-order valence-corrected chi connectivity index (χ1v) is 5.83. The molecule has 4 heteroatoms. The summed E-state index contributed by atoms with van der Waals surface area (Å²) in [6.45, 7) is 3.16. The van der Waals surface area contributed by atoms with Crippen LogP contribution in [0.3, 0.4) is 0 Å². The van der Waals surface area contributed by atoms with Crippen LogP contribution in [0, 0.1) is 6.92 Å². The SMILES string of the molecule is Cc1ccccc1C1CN(CCCl)C(=O)O1. The van der Waals surface area contributed by atoms with Gasteiger partial charge >= 0.3 is 6.09 Å².